The van der Waals surface area contributed by atoms with E-state index < -0.39 is 57.9 Å². The van der Waals surface area contributed by atoms with Gasteiger partial charge in [0.15, 0.2) is 11.6 Å². The van der Waals surface area contributed by atoms with Gasteiger partial charge in [-0.2, -0.15) is 0 Å². The fourth-order valence-corrected chi connectivity index (χ4v) is 7.30. The van der Waals surface area contributed by atoms with Crippen LogP contribution in [0.5, 0.6) is 5.75 Å². The third kappa shape index (κ3) is 5.00. The molecular weight excluding hydrogens is 576 g/mol. The largest absolute Gasteiger partial charge is 0.510 e. The van der Waals surface area contributed by atoms with E-state index in [0.717, 1.165) is 0 Å². The smallest absolute Gasteiger partial charge is 0.255 e. The Kier molecular flexibility index (Phi) is 8.13. The zero-order valence-electron chi connectivity index (χ0n) is 26.4. The van der Waals surface area contributed by atoms with E-state index in [1.165, 1.54) is 13.0 Å². The monoisotopic (exact) mass is 616 g/mol. The van der Waals surface area contributed by atoms with E-state index in [1.807, 2.05) is 25.1 Å². The zero-order chi connectivity index (χ0) is 33.1. The molecule has 5 N–H and O–H groups in total. The Hall–Kier alpha value is -4.48. The highest BCUT2D eigenvalue weighted by Gasteiger charge is 2.62. The predicted molar refractivity (Wildman–Crippen MR) is 168 cm³/mol. The van der Waals surface area contributed by atoms with Crippen molar-refractivity contribution in [3.63, 3.8) is 0 Å². The van der Waals surface area contributed by atoms with Crippen molar-refractivity contribution in [1.82, 2.24) is 14.7 Å². The molecule has 0 unspecified atom stereocenters. The van der Waals surface area contributed by atoms with Crippen LogP contribution in [-0.4, -0.2) is 108 Å². The topological polar surface area (TPSA) is 165 Å². The second kappa shape index (κ2) is 11.5. The maximum atomic E-state index is 14.3. The van der Waals surface area contributed by atoms with Crippen LogP contribution < -0.4 is 5.73 Å². The van der Waals surface area contributed by atoms with Gasteiger partial charge in [-0.05, 0) is 88.8 Å². The van der Waals surface area contributed by atoms with Crippen molar-refractivity contribution in [3.8, 4) is 16.9 Å². The third-order valence-electron chi connectivity index (χ3n) is 9.72. The van der Waals surface area contributed by atoms with Crippen molar-refractivity contribution in [2.45, 2.75) is 25.8 Å². The van der Waals surface area contributed by atoms with Gasteiger partial charge in [0.25, 0.3) is 11.8 Å². The van der Waals surface area contributed by atoms with Crippen LogP contribution in [0.25, 0.3) is 16.9 Å². The molecule has 0 aromatic heterocycles. The summed E-state index contributed by atoms with van der Waals surface area (Å²) in [7, 11) is 8.95. The number of hydrogen-bond acceptors (Lipinski definition) is 9. The summed E-state index contributed by atoms with van der Waals surface area (Å²) in [6.07, 6.45) is 0.481. The van der Waals surface area contributed by atoms with Gasteiger partial charge in [0, 0.05) is 37.2 Å². The maximum Gasteiger partial charge on any atom is 0.255 e. The molecule has 5 rings (SSSR count). The average molecular weight is 617 g/mol. The van der Waals surface area contributed by atoms with E-state index in [0.29, 0.717) is 35.3 Å². The van der Waals surface area contributed by atoms with Gasteiger partial charge in [0.2, 0.25) is 0 Å². The summed E-state index contributed by atoms with van der Waals surface area (Å²) in [5, 5.41) is 33.9. The number of rotatable bonds is 7. The molecule has 2 aromatic rings. The lowest BCUT2D eigenvalue weighted by Gasteiger charge is -2.51. The van der Waals surface area contributed by atoms with Crippen molar-refractivity contribution in [2.75, 3.05) is 48.3 Å². The molecule has 0 radical (unpaired) electrons. The molecular formula is C34H40N4O7. The Bertz CT molecular complexity index is 1690. The Morgan fingerprint density at radius 1 is 1.00 bits per heavy atom. The summed E-state index contributed by atoms with van der Waals surface area (Å²) < 4.78 is 0. The number of carbonyl (C=O) groups is 4. The van der Waals surface area contributed by atoms with Crippen LogP contribution in [-0.2, 0) is 20.8 Å². The number of phenols is 1. The number of ketones is 2. The minimum atomic E-state index is -1.70. The first-order valence-electron chi connectivity index (χ1n) is 14.9. The molecule has 238 valence electrons. The van der Waals surface area contributed by atoms with Gasteiger partial charge in [-0.15, -0.1) is 0 Å². The molecule has 0 bridgehead atoms. The highest BCUT2D eigenvalue weighted by atomic mass is 16.3. The number of phenolic OH excluding ortho intramolecular Hbond substituents is 1. The highest BCUT2D eigenvalue weighted by Crippen LogP contribution is 2.57. The zero-order valence-corrected chi connectivity index (χ0v) is 26.4. The molecule has 45 heavy (non-hydrogen) atoms. The molecule has 2 amide bonds. The maximum absolute atomic E-state index is 14.3. The minimum Gasteiger partial charge on any atom is -0.510 e. The summed E-state index contributed by atoms with van der Waals surface area (Å²) in [6.45, 7) is 2.73. The number of aliphatic hydroxyl groups is 2. The number of fused-ring (bicyclic) bond motifs is 3. The molecule has 1 saturated carbocycles. The molecule has 0 spiro atoms. The first-order chi connectivity index (χ1) is 21.1. The van der Waals surface area contributed by atoms with Crippen molar-refractivity contribution < 1.29 is 34.5 Å². The SMILES string of the molecule is CN(C)CCN(C)C(=O)c1cccc(-c2ccc(O)c3c2C[C@H]2C[C@H]4[C@H](N(C)C)C(=O)C(C(N)=O)=C(O)[C@@]4(C)C(=O)C2=C3O)c1. The van der Waals surface area contributed by atoms with E-state index in [4.69, 9.17) is 5.73 Å². The van der Waals surface area contributed by atoms with E-state index in [-0.39, 0.29) is 35.6 Å². The normalized spacial score (nSPS) is 24.5. The lowest BCUT2D eigenvalue weighted by atomic mass is 9.52. The Morgan fingerprint density at radius 3 is 2.31 bits per heavy atom. The molecule has 0 saturated heterocycles. The van der Waals surface area contributed by atoms with E-state index in [2.05, 4.69) is 0 Å². The van der Waals surface area contributed by atoms with E-state index >= 15 is 0 Å². The Labute approximate surface area is 262 Å². The molecule has 2 aromatic carbocycles. The van der Waals surface area contributed by atoms with Crippen molar-refractivity contribution >= 4 is 29.1 Å². The number of primary amides is 1. The number of benzene rings is 2. The molecule has 0 heterocycles. The average Bonchev–Trinajstić information content (AvgIpc) is 2.97. The second-order valence-electron chi connectivity index (χ2n) is 13.0. The highest BCUT2D eigenvalue weighted by molar-refractivity contribution is 6.24. The predicted octanol–water partition coefficient (Wildman–Crippen LogP) is 2.54. The number of hydrogen-bond donors (Lipinski definition) is 4. The van der Waals surface area contributed by atoms with Crippen LogP contribution in [0.2, 0.25) is 0 Å². The molecule has 3 aliphatic rings. The van der Waals surface area contributed by atoms with Crippen LogP contribution in [0.1, 0.15) is 34.8 Å². The lowest BCUT2D eigenvalue weighted by molar-refractivity contribution is -0.139. The summed E-state index contributed by atoms with van der Waals surface area (Å²) in [5.74, 6) is -5.15. The molecule has 4 atom stereocenters. The first-order valence-corrected chi connectivity index (χ1v) is 14.9. The van der Waals surface area contributed by atoms with Crippen LogP contribution >= 0.6 is 0 Å². The van der Waals surface area contributed by atoms with Crippen molar-refractivity contribution in [3.05, 3.63) is 70.0 Å². The number of aromatic hydroxyl groups is 1. The van der Waals surface area contributed by atoms with Gasteiger partial charge in [-0.25, -0.2) is 0 Å². The third-order valence-corrected chi connectivity index (χ3v) is 9.72. The van der Waals surface area contributed by atoms with Gasteiger partial charge in [0.05, 0.1) is 17.0 Å². The lowest BCUT2D eigenvalue weighted by Crippen LogP contribution is -2.60. The molecule has 0 aliphatic heterocycles. The van der Waals surface area contributed by atoms with Gasteiger partial charge >= 0.3 is 0 Å². The quantitative estimate of drug-likeness (QED) is 0.342. The van der Waals surface area contributed by atoms with Crippen LogP contribution in [0.3, 0.4) is 0 Å². The van der Waals surface area contributed by atoms with Gasteiger partial charge in [-0.1, -0.05) is 18.2 Å². The van der Waals surface area contributed by atoms with E-state index in [9.17, 15) is 34.5 Å². The standard InChI is InChI=1S/C34H40N4O7/c1-34-22(27(37(4)5)29(41)26(31(34)43)32(35)44)16-19-15-21-20(10-11-23(39)25(21)28(40)24(19)30(34)42)17-8-7-9-18(14-17)33(45)38(6)13-12-36(2)3/h7-11,14,19,22,27,39-40,43H,12-13,15-16H2,1-6H3,(H2,35,44)/t19-,22-,27-,34+/m0/s1. The van der Waals surface area contributed by atoms with Gasteiger partial charge in [0.1, 0.15) is 22.8 Å². The number of aliphatic hydroxyl groups excluding tert-OH is 2. The summed E-state index contributed by atoms with van der Waals surface area (Å²) in [5.41, 5.74) is 5.78. The van der Waals surface area contributed by atoms with Gasteiger partial charge < -0.3 is 30.9 Å². The van der Waals surface area contributed by atoms with Gasteiger partial charge in [-0.3, -0.25) is 24.1 Å². The van der Waals surface area contributed by atoms with Crippen LogP contribution in [0.15, 0.2) is 53.3 Å². The number of nitrogens with two attached hydrogens (primary N) is 1. The van der Waals surface area contributed by atoms with E-state index in [1.54, 1.807) is 55.2 Å². The van der Waals surface area contributed by atoms with Crippen molar-refractivity contribution in [1.29, 1.82) is 0 Å². The summed E-state index contributed by atoms with van der Waals surface area (Å²) >= 11 is 0. The van der Waals surface area contributed by atoms with Crippen LogP contribution in [0, 0.1) is 17.3 Å². The number of likely N-dealkylation sites (N-methyl/N-ethyl adjacent to an activating group) is 3. The molecule has 1 fully saturated rings. The Balaban J connectivity index is 1.62. The first kappa shape index (κ1) is 31.9. The Morgan fingerprint density at radius 2 is 1.69 bits per heavy atom. The molecule has 11 nitrogen and oxygen atoms in total. The van der Waals surface area contributed by atoms with Crippen LogP contribution in [0.4, 0.5) is 0 Å². The summed E-state index contributed by atoms with van der Waals surface area (Å²) in [4.78, 5) is 58.5. The molecule has 3 aliphatic carbocycles. The number of nitrogens with zero attached hydrogens (tertiary/aromatic N) is 3. The number of Topliss-reactive ketones (excluding diaryl/α,β-unsaturated/α-hetero) is 2. The number of allylic oxidation sites excluding steroid dienone is 2. The fraction of sp³-hybridized carbons (Fsp3) is 0.412. The number of amides is 2. The number of carbonyl (C=O) groups excluding carboxylic acids is 4. The minimum absolute atomic E-state index is 0.0300. The summed E-state index contributed by atoms with van der Waals surface area (Å²) in [6, 6.07) is 9.38. The molecule has 11 heteroatoms. The fourth-order valence-electron chi connectivity index (χ4n) is 7.30. The second-order valence-corrected chi connectivity index (χ2v) is 13.0. The van der Waals surface area contributed by atoms with Crippen molar-refractivity contribution in [2.24, 2.45) is 23.0 Å².